The smallest absolute Gasteiger partial charge is 0.338 e. The zero-order valence-corrected chi connectivity index (χ0v) is 17.6. The number of benzene rings is 2. The molecule has 0 atom stereocenters. The number of amides is 1. The van der Waals surface area contributed by atoms with E-state index in [-0.39, 0.29) is 12.1 Å². The van der Waals surface area contributed by atoms with Crippen LogP contribution in [0.25, 0.3) is 0 Å². The molecule has 0 aliphatic rings. The fourth-order valence-corrected chi connectivity index (χ4v) is 2.62. The summed E-state index contributed by atoms with van der Waals surface area (Å²) >= 11 is 0. The van der Waals surface area contributed by atoms with E-state index in [2.05, 4.69) is 5.32 Å². The second-order valence-corrected chi connectivity index (χ2v) is 5.97. The minimum Gasteiger partial charge on any atom is -0.497 e. The largest absolute Gasteiger partial charge is 0.497 e. The molecule has 0 saturated carbocycles. The summed E-state index contributed by atoms with van der Waals surface area (Å²) in [7, 11) is 7.49. The number of carbonyl (C=O) groups is 2. The van der Waals surface area contributed by atoms with Gasteiger partial charge in [0.1, 0.15) is 17.2 Å². The van der Waals surface area contributed by atoms with Crippen molar-refractivity contribution in [1.82, 2.24) is 5.32 Å². The molecule has 1 N–H and O–H groups in total. The molecule has 0 fully saturated rings. The highest BCUT2D eigenvalue weighted by Gasteiger charge is 2.15. The maximum Gasteiger partial charge on any atom is 0.338 e. The molecule has 9 heteroatoms. The molecule has 0 bridgehead atoms. The van der Waals surface area contributed by atoms with Crippen LogP contribution in [-0.2, 0) is 16.1 Å². The van der Waals surface area contributed by atoms with E-state index < -0.39 is 18.5 Å². The molecular formula is C21H25NO8. The van der Waals surface area contributed by atoms with Gasteiger partial charge in [0.25, 0.3) is 5.91 Å². The van der Waals surface area contributed by atoms with E-state index in [1.54, 1.807) is 18.2 Å². The third-order valence-electron chi connectivity index (χ3n) is 4.18. The third kappa shape index (κ3) is 5.69. The fourth-order valence-electron chi connectivity index (χ4n) is 2.62. The van der Waals surface area contributed by atoms with Gasteiger partial charge in [-0.3, -0.25) is 4.79 Å². The first-order valence-electron chi connectivity index (χ1n) is 8.91. The average molecular weight is 419 g/mol. The lowest BCUT2D eigenvalue weighted by atomic mass is 10.1. The molecule has 0 aromatic heterocycles. The highest BCUT2D eigenvalue weighted by Crippen LogP contribution is 2.34. The van der Waals surface area contributed by atoms with E-state index in [1.165, 1.54) is 47.7 Å². The lowest BCUT2D eigenvalue weighted by molar-refractivity contribution is -0.124. The van der Waals surface area contributed by atoms with Crippen LogP contribution in [0, 0.1) is 0 Å². The number of hydrogen-bond acceptors (Lipinski definition) is 8. The van der Waals surface area contributed by atoms with Gasteiger partial charge in [-0.2, -0.15) is 0 Å². The predicted octanol–water partition coefficient (Wildman–Crippen LogP) is 2.20. The van der Waals surface area contributed by atoms with E-state index in [0.717, 1.165) is 0 Å². The predicted molar refractivity (Wildman–Crippen MR) is 108 cm³/mol. The Bertz CT molecular complexity index is 875. The molecular weight excluding hydrogens is 394 g/mol. The number of nitrogens with one attached hydrogen (secondary N) is 1. The van der Waals surface area contributed by atoms with E-state index >= 15 is 0 Å². The first-order chi connectivity index (χ1) is 14.4. The Kier molecular flexibility index (Phi) is 8.16. The van der Waals surface area contributed by atoms with Crippen molar-refractivity contribution in [3.63, 3.8) is 0 Å². The van der Waals surface area contributed by atoms with Gasteiger partial charge in [-0.15, -0.1) is 0 Å². The van der Waals surface area contributed by atoms with E-state index in [1.807, 2.05) is 0 Å². The first kappa shape index (κ1) is 22.7. The Hall–Kier alpha value is -3.62. The van der Waals surface area contributed by atoms with Crippen LogP contribution in [0.3, 0.4) is 0 Å². The van der Waals surface area contributed by atoms with Gasteiger partial charge < -0.3 is 33.7 Å². The van der Waals surface area contributed by atoms with Crippen LogP contribution in [0.4, 0.5) is 0 Å². The SMILES string of the molecule is COc1cc(OC)cc(C(=O)OCC(=O)NCc2cc(OC)c(OC)cc2OC)c1. The molecule has 0 heterocycles. The molecule has 0 radical (unpaired) electrons. The van der Waals surface area contributed by atoms with E-state index in [4.69, 9.17) is 28.4 Å². The number of esters is 1. The summed E-state index contributed by atoms with van der Waals surface area (Å²) in [4.78, 5) is 24.4. The Labute approximate surface area is 174 Å². The Morgan fingerprint density at radius 1 is 0.733 bits per heavy atom. The van der Waals surface area contributed by atoms with Gasteiger partial charge >= 0.3 is 5.97 Å². The molecule has 2 aromatic rings. The summed E-state index contributed by atoms with van der Waals surface area (Å²) in [5.74, 6) is 1.25. The first-order valence-corrected chi connectivity index (χ1v) is 8.91. The van der Waals surface area contributed by atoms with Gasteiger partial charge in [0.2, 0.25) is 0 Å². The van der Waals surface area contributed by atoms with Crippen molar-refractivity contribution >= 4 is 11.9 Å². The van der Waals surface area contributed by atoms with Crippen molar-refractivity contribution in [1.29, 1.82) is 0 Å². The van der Waals surface area contributed by atoms with Gasteiger partial charge in [-0.25, -0.2) is 4.79 Å². The van der Waals surface area contributed by atoms with Crippen LogP contribution in [0.1, 0.15) is 15.9 Å². The van der Waals surface area contributed by atoms with Crippen molar-refractivity contribution in [3.05, 3.63) is 41.5 Å². The fraction of sp³-hybridized carbons (Fsp3) is 0.333. The number of methoxy groups -OCH3 is 5. The van der Waals surface area contributed by atoms with Crippen molar-refractivity contribution in [2.75, 3.05) is 42.2 Å². The molecule has 9 nitrogen and oxygen atoms in total. The van der Waals surface area contributed by atoms with Gasteiger partial charge in [-0.1, -0.05) is 0 Å². The van der Waals surface area contributed by atoms with Crippen LogP contribution in [0.5, 0.6) is 28.7 Å². The van der Waals surface area contributed by atoms with Crippen LogP contribution >= 0.6 is 0 Å². The molecule has 0 aliphatic heterocycles. The highest BCUT2D eigenvalue weighted by atomic mass is 16.5. The molecule has 2 rings (SSSR count). The molecule has 1 amide bonds. The summed E-state index contributed by atoms with van der Waals surface area (Å²) in [5, 5.41) is 2.67. The summed E-state index contributed by atoms with van der Waals surface area (Å²) in [6.45, 7) is -0.305. The van der Waals surface area contributed by atoms with E-state index in [0.29, 0.717) is 34.3 Å². The molecule has 0 aliphatic carbocycles. The monoisotopic (exact) mass is 419 g/mol. The standard InChI is InChI=1S/C21H25NO8/c1-25-15-6-13(7-16(9-15)26-2)21(24)30-12-20(23)22-11-14-8-18(28-4)19(29-5)10-17(14)27-3/h6-10H,11-12H2,1-5H3,(H,22,23). The topological polar surface area (TPSA) is 102 Å². The minimum absolute atomic E-state index is 0.146. The maximum atomic E-state index is 12.3. The Morgan fingerprint density at radius 2 is 1.30 bits per heavy atom. The lowest BCUT2D eigenvalue weighted by Gasteiger charge is -2.14. The second kappa shape index (κ2) is 10.8. The number of ether oxygens (including phenoxy) is 6. The quantitative estimate of drug-likeness (QED) is 0.585. The Morgan fingerprint density at radius 3 is 1.83 bits per heavy atom. The molecule has 0 spiro atoms. The molecule has 2 aromatic carbocycles. The van der Waals surface area contributed by atoms with Gasteiger partial charge in [0, 0.05) is 24.2 Å². The minimum atomic E-state index is -0.675. The van der Waals surface area contributed by atoms with Gasteiger partial charge in [0.15, 0.2) is 18.1 Å². The van der Waals surface area contributed by atoms with Crippen molar-refractivity contribution in [2.24, 2.45) is 0 Å². The number of hydrogen-bond donors (Lipinski definition) is 1. The van der Waals surface area contributed by atoms with Gasteiger partial charge in [-0.05, 0) is 18.2 Å². The molecule has 162 valence electrons. The van der Waals surface area contributed by atoms with Crippen LogP contribution in [-0.4, -0.2) is 54.0 Å². The normalized spacial score (nSPS) is 10.0. The number of rotatable bonds is 10. The molecule has 0 saturated heterocycles. The average Bonchev–Trinajstić information content (AvgIpc) is 2.79. The zero-order valence-electron chi connectivity index (χ0n) is 17.6. The zero-order chi connectivity index (χ0) is 22.1. The Balaban J connectivity index is 1.98. The van der Waals surface area contributed by atoms with Gasteiger partial charge in [0.05, 0.1) is 41.1 Å². The van der Waals surface area contributed by atoms with Crippen LogP contribution in [0.2, 0.25) is 0 Å². The summed E-state index contributed by atoms with van der Waals surface area (Å²) < 4.78 is 31.1. The molecule has 0 unspecified atom stereocenters. The second-order valence-electron chi connectivity index (χ2n) is 5.97. The lowest BCUT2D eigenvalue weighted by Crippen LogP contribution is -2.28. The van der Waals surface area contributed by atoms with E-state index in [9.17, 15) is 9.59 Å². The summed E-state index contributed by atoms with van der Waals surface area (Å²) in [5.41, 5.74) is 0.882. The maximum absolute atomic E-state index is 12.3. The highest BCUT2D eigenvalue weighted by molar-refractivity contribution is 5.92. The van der Waals surface area contributed by atoms with Crippen molar-refractivity contribution in [3.8, 4) is 28.7 Å². The molecule has 30 heavy (non-hydrogen) atoms. The van der Waals surface area contributed by atoms with Crippen LogP contribution in [0.15, 0.2) is 30.3 Å². The summed E-state index contributed by atoms with van der Waals surface area (Å²) in [6.07, 6.45) is 0. The number of carbonyl (C=O) groups excluding carboxylic acids is 2. The van der Waals surface area contributed by atoms with Crippen LogP contribution < -0.4 is 29.0 Å². The van der Waals surface area contributed by atoms with Crippen molar-refractivity contribution in [2.45, 2.75) is 6.54 Å². The van der Waals surface area contributed by atoms with Crippen molar-refractivity contribution < 1.29 is 38.0 Å². The third-order valence-corrected chi connectivity index (χ3v) is 4.18. The summed E-state index contributed by atoms with van der Waals surface area (Å²) in [6, 6.07) is 7.98.